The molecule has 0 aromatic rings. The van der Waals surface area contributed by atoms with Gasteiger partial charge in [-0.1, -0.05) is 13.3 Å². The van der Waals surface area contributed by atoms with Crippen molar-refractivity contribution in [1.29, 1.82) is 0 Å². The van der Waals surface area contributed by atoms with Gasteiger partial charge in [-0.15, -0.1) is 0 Å². The molecule has 2 aliphatic rings. The van der Waals surface area contributed by atoms with Gasteiger partial charge in [-0.2, -0.15) is 0 Å². The van der Waals surface area contributed by atoms with Crippen molar-refractivity contribution in [3.63, 3.8) is 0 Å². The summed E-state index contributed by atoms with van der Waals surface area (Å²) in [5.41, 5.74) is 0. The van der Waals surface area contributed by atoms with Gasteiger partial charge in [0, 0.05) is 19.1 Å². The van der Waals surface area contributed by atoms with Crippen LogP contribution in [0.2, 0.25) is 0 Å². The Kier molecular flexibility index (Phi) is 4.67. The SMILES string of the molecule is CC1CCC(CNS(=O)(=O)C(C)CNC2CC2)C1. The van der Waals surface area contributed by atoms with Crippen molar-refractivity contribution in [3.05, 3.63) is 0 Å². The normalized spacial score (nSPS) is 30.6. The van der Waals surface area contributed by atoms with Crippen LogP contribution in [0.4, 0.5) is 0 Å². The molecule has 3 unspecified atom stereocenters. The Balaban J connectivity index is 1.71. The van der Waals surface area contributed by atoms with Crippen LogP contribution in [-0.2, 0) is 10.0 Å². The molecule has 106 valence electrons. The molecule has 2 N–H and O–H groups in total. The number of hydrogen-bond donors (Lipinski definition) is 2. The lowest BCUT2D eigenvalue weighted by Crippen LogP contribution is -2.41. The van der Waals surface area contributed by atoms with Crippen LogP contribution in [0, 0.1) is 11.8 Å². The van der Waals surface area contributed by atoms with Crippen molar-refractivity contribution >= 4 is 10.0 Å². The van der Waals surface area contributed by atoms with Crippen LogP contribution in [-0.4, -0.2) is 32.8 Å². The third-order valence-electron chi connectivity index (χ3n) is 4.18. The van der Waals surface area contributed by atoms with Gasteiger partial charge in [0.15, 0.2) is 0 Å². The molecule has 0 aromatic heterocycles. The summed E-state index contributed by atoms with van der Waals surface area (Å²) < 4.78 is 26.9. The molecule has 18 heavy (non-hydrogen) atoms. The molecule has 3 atom stereocenters. The molecule has 0 bridgehead atoms. The zero-order valence-corrected chi connectivity index (χ0v) is 12.3. The molecule has 2 fully saturated rings. The fraction of sp³-hybridized carbons (Fsp3) is 1.00. The van der Waals surface area contributed by atoms with Gasteiger partial charge in [0.05, 0.1) is 5.25 Å². The van der Waals surface area contributed by atoms with Crippen LogP contribution in [0.3, 0.4) is 0 Å². The molecule has 0 radical (unpaired) electrons. The quantitative estimate of drug-likeness (QED) is 0.739. The summed E-state index contributed by atoms with van der Waals surface area (Å²) in [6.07, 6.45) is 5.96. The number of sulfonamides is 1. The minimum Gasteiger partial charge on any atom is -0.313 e. The van der Waals surface area contributed by atoms with Crippen LogP contribution >= 0.6 is 0 Å². The van der Waals surface area contributed by atoms with E-state index in [1.807, 2.05) is 0 Å². The van der Waals surface area contributed by atoms with E-state index in [0.717, 1.165) is 12.3 Å². The molecule has 2 aliphatic carbocycles. The highest BCUT2D eigenvalue weighted by Gasteiger charge is 2.27. The first-order valence-electron chi connectivity index (χ1n) is 7.19. The van der Waals surface area contributed by atoms with Crippen molar-refractivity contribution in [2.24, 2.45) is 11.8 Å². The Hall–Kier alpha value is -0.130. The Bertz CT molecular complexity index is 365. The van der Waals surface area contributed by atoms with Crippen molar-refractivity contribution in [2.45, 2.75) is 57.2 Å². The van der Waals surface area contributed by atoms with Gasteiger partial charge in [0.1, 0.15) is 0 Å². The number of hydrogen-bond acceptors (Lipinski definition) is 3. The van der Waals surface area contributed by atoms with Crippen LogP contribution in [0.5, 0.6) is 0 Å². The number of rotatable bonds is 7. The standard InChI is InChI=1S/C13H26N2O2S/c1-10-3-4-12(7-10)9-15-18(16,17)11(2)8-14-13-5-6-13/h10-15H,3-9H2,1-2H3. The summed E-state index contributed by atoms with van der Waals surface area (Å²) in [5.74, 6) is 1.30. The summed E-state index contributed by atoms with van der Waals surface area (Å²) in [7, 11) is -3.15. The summed E-state index contributed by atoms with van der Waals surface area (Å²) >= 11 is 0. The van der Waals surface area contributed by atoms with E-state index in [2.05, 4.69) is 17.0 Å². The average Bonchev–Trinajstić information content (AvgIpc) is 3.06. The van der Waals surface area contributed by atoms with E-state index >= 15 is 0 Å². The summed E-state index contributed by atoms with van der Waals surface area (Å²) in [5, 5.41) is 2.94. The Morgan fingerprint density at radius 3 is 2.50 bits per heavy atom. The van der Waals surface area contributed by atoms with Crippen molar-refractivity contribution in [3.8, 4) is 0 Å². The van der Waals surface area contributed by atoms with Crippen molar-refractivity contribution < 1.29 is 8.42 Å². The highest BCUT2D eigenvalue weighted by Crippen LogP contribution is 2.29. The highest BCUT2D eigenvalue weighted by molar-refractivity contribution is 7.90. The van der Waals surface area contributed by atoms with Gasteiger partial charge in [-0.05, 0) is 44.4 Å². The second-order valence-corrected chi connectivity index (χ2v) is 8.35. The van der Waals surface area contributed by atoms with E-state index in [-0.39, 0.29) is 5.25 Å². The van der Waals surface area contributed by atoms with Gasteiger partial charge in [0.2, 0.25) is 10.0 Å². The van der Waals surface area contributed by atoms with Gasteiger partial charge in [-0.25, -0.2) is 13.1 Å². The molecule has 2 rings (SSSR count). The van der Waals surface area contributed by atoms with Crippen LogP contribution < -0.4 is 10.0 Å². The average molecular weight is 274 g/mol. The monoisotopic (exact) mass is 274 g/mol. The predicted octanol–water partition coefficient (Wildman–Crippen LogP) is 1.48. The van der Waals surface area contributed by atoms with Gasteiger partial charge in [-0.3, -0.25) is 0 Å². The number of nitrogens with one attached hydrogen (secondary N) is 2. The summed E-state index contributed by atoms with van der Waals surface area (Å²) in [6, 6.07) is 0.568. The molecular formula is C13H26N2O2S. The van der Waals surface area contributed by atoms with E-state index in [1.54, 1.807) is 6.92 Å². The maximum Gasteiger partial charge on any atom is 0.215 e. The van der Waals surface area contributed by atoms with E-state index < -0.39 is 10.0 Å². The first kappa shape index (κ1) is 14.3. The largest absolute Gasteiger partial charge is 0.313 e. The highest BCUT2D eigenvalue weighted by atomic mass is 32.2. The fourth-order valence-electron chi connectivity index (χ4n) is 2.62. The molecule has 0 amide bonds. The molecule has 0 aromatic carbocycles. The van der Waals surface area contributed by atoms with Crippen LogP contribution in [0.15, 0.2) is 0 Å². The smallest absolute Gasteiger partial charge is 0.215 e. The van der Waals surface area contributed by atoms with Crippen LogP contribution in [0.1, 0.15) is 46.0 Å². The first-order valence-corrected chi connectivity index (χ1v) is 8.74. The van der Waals surface area contributed by atoms with Gasteiger partial charge >= 0.3 is 0 Å². The fourth-order valence-corrected chi connectivity index (χ4v) is 3.68. The zero-order valence-electron chi connectivity index (χ0n) is 11.5. The Labute approximate surface area is 111 Å². The maximum atomic E-state index is 12.1. The lowest BCUT2D eigenvalue weighted by molar-refractivity contribution is 0.493. The summed E-state index contributed by atoms with van der Waals surface area (Å²) in [6.45, 7) is 5.23. The Morgan fingerprint density at radius 2 is 1.94 bits per heavy atom. The van der Waals surface area contributed by atoms with Gasteiger partial charge in [0.25, 0.3) is 0 Å². The van der Waals surface area contributed by atoms with E-state index in [1.165, 1.54) is 25.7 Å². The summed E-state index contributed by atoms with van der Waals surface area (Å²) in [4.78, 5) is 0. The predicted molar refractivity (Wildman–Crippen MR) is 73.9 cm³/mol. The topological polar surface area (TPSA) is 58.2 Å². The molecule has 4 nitrogen and oxygen atoms in total. The van der Waals surface area contributed by atoms with Gasteiger partial charge < -0.3 is 5.32 Å². The molecule has 0 saturated heterocycles. The van der Waals surface area contributed by atoms with Crippen molar-refractivity contribution in [1.82, 2.24) is 10.0 Å². The second-order valence-electron chi connectivity index (χ2n) is 6.17. The van der Waals surface area contributed by atoms with E-state index in [9.17, 15) is 8.42 Å². The molecule has 0 spiro atoms. The molecular weight excluding hydrogens is 248 g/mol. The second kappa shape index (κ2) is 5.88. The first-order chi connectivity index (χ1) is 8.47. The Morgan fingerprint density at radius 1 is 1.22 bits per heavy atom. The molecule has 5 heteroatoms. The molecule has 0 aliphatic heterocycles. The van der Waals surface area contributed by atoms with Crippen molar-refractivity contribution in [2.75, 3.05) is 13.1 Å². The third kappa shape index (κ3) is 4.21. The molecule has 0 heterocycles. The maximum absolute atomic E-state index is 12.1. The minimum absolute atomic E-state index is 0.336. The lowest BCUT2D eigenvalue weighted by atomic mass is 10.1. The zero-order chi connectivity index (χ0) is 13.2. The van der Waals surface area contributed by atoms with Crippen LogP contribution in [0.25, 0.3) is 0 Å². The van der Waals surface area contributed by atoms with E-state index in [0.29, 0.717) is 25.0 Å². The molecule has 2 saturated carbocycles. The van der Waals surface area contributed by atoms with E-state index in [4.69, 9.17) is 0 Å². The third-order valence-corrected chi connectivity index (χ3v) is 5.97. The minimum atomic E-state index is -3.15. The lowest BCUT2D eigenvalue weighted by Gasteiger charge is -2.17.